The molecule has 21 heavy (non-hydrogen) atoms. The van der Waals surface area contributed by atoms with Gasteiger partial charge in [-0.1, -0.05) is 15.9 Å². The van der Waals surface area contributed by atoms with E-state index in [1.807, 2.05) is 0 Å². The van der Waals surface area contributed by atoms with Crippen molar-refractivity contribution in [2.45, 2.75) is 13.0 Å². The summed E-state index contributed by atoms with van der Waals surface area (Å²) >= 11 is 3.20. The number of H-pyrrole nitrogens is 1. The lowest BCUT2D eigenvalue weighted by atomic mass is 10.2. The summed E-state index contributed by atoms with van der Waals surface area (Å²) in [7, 11) is 0. The van der Waals surface area contributed by atoms with Crippen LogP contribution in [-0.4, -0.2) is 27.3 Å². The molecule has 0 bridgehead atoms. The smallest absolute Gasteiger partial charge is 0.337 e. The summed E-state index contributed by atoms with van der Waals surface area (Å²) in [5.41, 5.74) is 1.05. The van der Waals surface area contributed by atoms with Gasteiger partial charge in [0.05, 0.1) is 23.5 Å². The second-order valence-corrected chi connectivity index (χ2v) is 5.26. The molecule has 0 radical (unpaired) electrons. The maximum Gasteiger partial charge on any atom is 0.337 e. The molecule has 1 unspecified atom stereocenters. The molecule has 0 aliphatic heterocycles. The van der Waals surface area contributed by atoms with Crippen LogP contribution in [0, 0.1) is 0 Å². The quantitative estimate of drug-likeness (QED) is 0.678. The highest BCUT2D eigenvalue weighted by molar-refractivity contribution is 9.10. The van der Waals surface area contributed by atoms with Gasteiger partial charge >= 0.3 is 12.0 Å². The van der Waals surface area contributed by atoms with E-state index in [4.69, 9.17) is 5.11 Å². The standard InChI is InChI=1S/C13H13BrN4O3/c1-7(8-5-15-16-6-8)17-13(21)18-11-3-2-9(14)4-10(11)12(19)20/h2-7H,1H3,(H,15,16)(H,19,20)(H2,17,18,21). The number of nitrogens with zero attached hydrogens (tertiary/aromatic N) is 1. The highest BCUT2D eigenvalue weighted by Gasteiger charge is 2.15. The predicted molar refractivity (Wildman–Crippen MR) is 80.3 cm³/mol. The van der Waals surface area contributed by atoms with Crippen molar-refractivity contribution >= 4 is 33.6 Å². The Morgan fingerprint density at radius 3 is 2.81 bits per heavy atom. The zero-order valence-electron chi connectivity index (χ0n) is 11.1. The maximum absolute atomic E-state index is 11.9. The van der Waals surface area contributed by atoms with Gasteiger partial charge < -0.3 is 15.7 Å². The van der Waals surface area contributed by atoms with Gasteiger partial charge in [0.2, 0.25) is 0 Å². The van der Waals surface area contributed by atoms with Crippen LogP contribution in [0.3, 0.4) is 0 Å². The highest BCUT2D eigenvalue weighted by atomic mass is 79.9. The minimum atomic E-state index is -1.12. The van der Waals surface area contributed by atoms with E-state index in [9.17, 15) is 9.59 Å². The highest BCUT2D eigenvalue weighted by Crippen LogP contribution is 2.21. The van der Waals surface area contributed by atoms with Crippen LogP contribution in [-0.2, 0) is 0 Å². The molecule has 2 aromatic rings. The van der Waals surface area contributed by atoms with Crippen LogP contribution in [0.2, 0.25) is 0 Å². The zero-order chi connectivity index (χ0) is 15.4. The number of nitrogens with one attached hydrogen (secondary N) is 3. The van der Waals surface area contributed by atoms with E-state index in [2.05, 4.69) is 36.8 Å². The Bertz CT molecular complexity index is 657. The zero-order valence-corrected chi connectivity index (χ0v) is 12.6. The molecule has 0 aliphatic carbocycles. The Morgan fingerprint density at radius 1 is 1.43 bits per heavy atom. The second-order valence-electron chi connectivity index (χ2n) is 4.35. The lowest BCUT2D eigenvalue weighted by Crippen LogP contribution is -2.31. The third-order valence-corrected chi connectivity index (χ3v) is 3.32. The molecule has 4 N–H and O–H groups in total. The van der Waals surface area contributed by atoms with Crippen molar-refractivity contribution < 1.29 is 14.7 Å². The molecular weight excluding hydrogens is 340 g/mol. The van der Waals surface area contributed by atoms with Gasteiger partial charge in [0.15, 0.2) is 0 Å². The van der Waals surface area contributed by atoms with E-state index < -0.39 is 12.0 Å². The summed E-state index contributed by atoms with van der Waals surface area (Å²) in [5, 5.41) is 20.8. The fraction of sp³-hybridized carbons (Fsp3) is 0.154. The number of rotatable bonds is 4. The maximum atomic E-state index is 11.9. The second kappa shape index (κ2) is 6.40. The normalized spacial score (nSPS) is 11.7. The minimum absolute atomic E-state index is 0.00971. The van der Waals surface area contributed by atoms with Crippen molar-refractivity contribution in [2.24, 2.45) is 0 Å². The van der Waals surface area contributed by atoms with Gasteiger partial charge in [0.1, 0.15) is 0 Å². The molecule has 7 nitrogen and oxygen atoms in total. The Morgan fingerprint density at radius 2 is 2.19 bits per heavy atom. The fourth-order valence-electron chi connectivity index (χ4n) is 1.74. The van der Waals surface area contributed by atoms with Gasteiger partial charge in [-0.2, -0.15) is 5.10 Å². The van der Waals surface area contributed by atoms with Crippen LogP contribution in [0.4, 0.5) is 10.5 Å². The number of carbonyl (C=O) groups excluding carboxylic acids is 1. The van der Waals surface area contributed by atoms with E-state index in [1.54, 1.807) is 25.4 Å². The third kappa shape index (κ3) is 3.82. The van der Waals surface area contributed by atoms with Crippen LogP contribution in [0.25, 0.3) is 0 Å². The lowest BCUT2D eigenvalue weighted by Gasteiger charge is -2.14. The molecule has 0 saturated heterocycles. The number of anilines is 1. The predicted octanol–water partition coefficient (Wildman–Crippen LogP) is 2.75. The molecule has 0 saturated carbocycles. The average Bonchev–Trinajstić information content (AvgIpc) is 2.94. The van der Waals surface area contributed by atoms with Gasteiger partial charge in [0.25, 0.3) is 0 Å². The average molecular weight is 353 g/mol. The van der Waals surface area contributed by atoms with Gasteiger partial charge in [-0.25, -0.2) is 9.59 Å². The number of amides is 2. The molecule has 0 fully saturated rings. The van der Waals surface area contributed by atoms with E-state index in [-0.39, 0.29) is 17.3 Å². The van der Waals surface area contributed by atoms with Crippen molar-refractivity contribution in [1.29, 1.82) is 0 Å². The Labute approximate surface area is 128 Å². The fourth-order valence-corrected chi connectivity index (χ4v) is 2.10. The lowest BCUT2D eigenvalue weighted by molar-refractivity contribution is 0.0698. The first-order chi connectivity index (χ1) is 9.97. The summed E-state index contributed by atoms with van der Waals surface area (Å²) < 4.78 is 0.623. The molecule has 0 aliphatic rings. The van der Waals surface area contributed by atoms with Crippen molar-refractivity contribution in [3.8, 4) is 0 Å². The third-order valence-electron chi connectivity index (χ3n) is 2.83. The summed E-state index contributed by atoms with van der Waals surface area (Å²) in [4.78, 5) is 23.1. The van der Waals surface area contributed by atoms with E-state index >= 15 is 0 Å². The van der Waals surface area contributed by atoms with Crippen LogP contribution in [0.5, 0.6) is 0 Å². The molecule has 1 atom stereocenters. The number of carbonyl (C=O) groups is 2. The Hall–Kier alpha value is -2.35. The first-order valence-corrected chi connectivity index (χ1v) is 6.85. The molecular formula is C13H13BrN4O3. The number of hydrogen-bond donors (Lipinski definition) is 4. The number of urea groups is 1. The Balaban J connectivity index is 2.08. The number of aromatic carboxylic acids is 1. The molecule has 8 heteroatoms. The topological polar surface area (TPSA) is 107 Å². The van der Waals surface area contributed by atoms with Crippen LogP contribution in [0.15, 0.2) is 35.1 Å². The summed E-state index contributed by atoms with van der Waals surface area (Å²) in [6, 6.07) is 3.86. The first-order valence-electron chi connectivity index (χ1n) is 6.06. The van der Waals surface area contributed by atoms with Crippen LogP contribution < -0.4 is 10.6 Å². The monoisotopic (exact) mass is 352 g/mol. The molecule has 2 amide bonds. The Kier molecular flexibility index (Phi) is 4.59. The van der Waals surface area contributed by atoms with E-state index in [0.717, 1.165) is 5.56 Å². The molecule has 110 valence electrons. The number of halogens is 1. The van der Waals surface area contributed by atoms with E-state index in [1.165, 1.54) is 12.1 Å². The number of carboxylic acid groups (broad SMARTS) is 1. The number of carboxylic acids is 1. The van der Waals surface area contributed by atoms with E-state index in [0.29, 0.717) is 4.47 Å². The summed E-state index contributed by atoms with van der Waals surface area (Å²) in [6.07, 6.45) is 3.28. The van der Waals surface area contributed by atoms with Crippen LogP contribution in [0.1, 0.15) is 28.9 Å². The number of hydrogen-bond acceptors (Lipinski definition) is 3. The van der Waals surface area contributed by atoms with Crippen LogP contribution >= 0.6 is 15.9 Å². The molecule has 0 spiro atoms. The van der Waals surface area contributed by atoms with Crippen molar-refractivity contribution in [3.05, 3.63) is 46.2 Å². The minimum Gasteiger partial charge on any atom is -0.478 e. The molecule has 1 aromatic carbocycles. The number of aromatic nitrogens is 2. The summed E-state index contributed by atoms with van der Waals surface area (Å²) in [5.74, 6) is -1.12. The van der Waals surface area contributed by atoms with Gasteiger partial charge in [-0.3, -0.25) is 5.10 Å². The molecule has 2 rings (SSSR count). The molecule has 1 heterocycles. The number of aromatic amines is 1. The van der Waals surface area contributed by atoms with Gasteiger partial charge in [0, 0.05) is 16.2 Å². The van der Waals surface area contributed by atoms with Gasteiger partial charge in [-0.05, 0) is 25.1 Å². The van der Waals surface area contributed by atoms with Crippen molar-refractivity contribution in [2.75, 3.05) is 5.32 Å². The van der Waals surface area contributed by atoms with Crippen molar-refractivity contribution in [1.82, 2.24) is 15.5 Å². The largest absolute Gasteiger partial charge is 0.478 e. The first kappa shape index (κ1) is 15.0. The SMILES string of the molecule is CC(NC(=O)Nc1ccc(Br)cc1C(=O)O)c1cn[nH]c1. The van der Waals surface area contributed by atoms with Crippen molar-refractivity contribution in [3.63, 3.8) is 0 Å². The van der Waals surface area contributed by atoms with Gasteiger partial charge in [-0.15, -0.1) is 0 Å². The summed E-state index contributed by atoms with van der Waals surface area (Å²) in [6.45, 7) is 1.80. The number of benzene rings is 1. The molecule has 1 aromatic heterocycles.